The molecule has 1 atom stereocenters. The van der Waals surface area contributed by atoms with Gasteiger partial charge in [0.05, 0.1) is 21.3 Å². The first kappa shape index (κ1) is 19.0. The van der Waals surface area contributed by atoms with Gasteiger partial charge in [0, 0.05) is 10.9 Å². The molecule has 0 bridgehead atoms. The molecule has 0 aromatic heterocycles. The molecule has 0 saturated carbocycles. The number of nitrogens with two attached hydrogens (primary N) is 1. The summed E-state index contributed by atoms with van der Waals surface area (Å²) in [6, 6.07) is 11.0. The lowest BCUT2D eigenvalue weighted by molar-refractivity contribution is -0.124. The molecular formula is C19H20BrN3O4. The molecule has 0 aliphatic carbocycles. The minimum atomic E-state index is -1.17. The molecule has 27 heavy (non-hydrogen) atoms. The summed E-state index contributed by atoms with van der Waals surface area (Å²) in [5.41, 5.74) is 6.17. The van der Waals surface area contributed by atoms with Gasteiger partial charge >= 0.3 is 0 Å². The Kier molecular flexibility index (Phi) is 5.27. The van der Waals surface area contributed by atoms with Crippen molar-refractivity contribution in [2.75, 3.05) is 21.3 Å². The number of ether oxygens (including phenoxy) is 3. The number of hydrogen-bond donors (Lipinski definition) is 2. The van der Waals surface area contributed by atoms with Gasteiger partial charge in [0.25, 0.3) is 5.91 Å². The summed E-state index contributed by atoms with van der Waals surface area (Å²) in [5.74, 6) is 1.31. The van der Waals surface area contributed by atoms with E-state index in [1.807, 2.05) is 24.3 Å². The topological polar surface area (TPSA) is 95.2 Å². The zero-order valence-corrected chi connectivity index (χ0v) is 16.8. The molecule has 1 amide bonds. The molecule has 3 N–H and O–H groups in total. The quantitative estimate of drug-likeness (QED) is 0.728. The maximum atomic E-state index is 12.8. The molecule has 0 spiro atoms. The van der Waals surface area contributed by atoms with Crippen LogP contribution in [0.3, 0.4) is 0 Å². The molecule has 0 saturated heterocycles. The van der Waals surface area contributed by atoms with Gasteiger partial charge in [0.1, 0.15) is 0 Å². The van der Waals surface area contributed by atoms with Crippen LogP contribution in [0, 0.1) is 0 Å². The molecule has 0 radical (unpaired) electrons. The van der Waals surface area contributed by atoms with E-state index in [4.69, 9.17) is 19.9 Å². The minimum absolute atomic E-state index is 0.0929. The van der Waals surface area contributed by atoms with Gasteiger partial charge in [-0.1, -0.05) is 28.1 Å². The fourth-order valence-corrected chi connectivity index (χ4v) is 3.44. The summed E-state index contributed by atoms with van der Waals surface area (Å²) in [6.45, 7) is 0. The first-order chi connectivity index (χ1) is 12.9. The van der Waals surface area contributed by atoms with Crippen molar-refractivity contribution < 1.29 is 19.0 Å². The highest BCUT2D eigenvalue weighted by Crippen LogP contribution is 2.41. The van der Waals surface area contributed by atoms with E-state index in [9.17, 15) is 4.79 Å². The van der Waals surface area contributed by atoms with Crippen molar-refractivity contribution in [3.8, 4) is 17.2 Å². The predicted molar refractivity (Wildman–Crippen MR) is 105 cm³/mol. The normalized spacial score (nSPS) is 18.7. The molecule has 8 heteroatoms. The minimum Gasteiger partial charge on any atom is -0.493 e. The van der Waals surface area contributed by atoms with Crippen LogP contribution in [0.5, 0.6) is 17.2 Å². The summed E-state index contributed by atoms with van der Waals surface area (Å²) < 4.78 is 17.1. The van der Waals surface area contributed by atoms with E-state index in [0.29, 0.717) is 17.2 Å². The van der Waals surface area contributed by atoms with Crippen molar-refractivity contribution in [3.63, 3.8) is 0 Å². The standard InChI is InChI=1S/C19H20BrN3O4/c1-25-14-8-11(9-15(26-2)16(14)27-3)10-19(17(24)22-18(21)23-19)12-4-6-13(20)7-5-12/h4-9H,10H2,1-3H3,(H3,21,22,23,24)/t19-/m0/s1. The highest BCUT2D eigenvalue weighted by atomic mass is 79.9. The van der Waals surface area contributed by atoms with Crippen molar-refractivity contribution in [3.05, 3.63) is 52.0 Å². The Morgan fingerprint density at radius 1 is 1.07 bits per heavy atom. The van der Waals surface area contributed by atoms with Gasteiger partial charge in [0.2, 0.25) is 5.75 Å². The van der Waals surface area contributed by atoms with Crippen LogP contribution < -0.4 is 25.3 Å². The summed E-state index contributed by atoms with van der Waals surface area (Å²) in [4.78, 5) is 17.3. The lowest BCUT2D eigenvalue weighted by Gasteiger charge is -2.25. The highest BCUT2D eigenvalue weighted by molar-refractivity contribution is 9.10. The number of carbonyl (C=O) groups excluding carboxylic acids is 1. The summed E-state index contributed by atoms with van der Waals surface area (Å²) in [6.07, 6.45) is 0.276. The number of guanidine groups is 1. The lowest BCUT2D eigenvalue weighted by atomic mass is 9.84. The van der Waals surface area contributed by atoms with Gasteiger partial charge in [-0.25, -0.2) is 4.99 Å². The van der Waals surface area contributed by atoms with Gasteiger partial charge < -0.3 is 19.9 Å². The van der Waals surface area contributed by atoms with Crippen LogP contribution in [0.25, 0.3) is 0 Å². The van der Waals surface area contributed by atoms with E-state index in [-0.39, 0.29) is 18.3 Å². The number of amides is 1. The summed E-state index contributed by atoms with van der Waals surface area (Å²) >= 11 is 3.41. The Balaban J connectivity index is 2.11. The first-order valence-corrected chi connectivity index (χ1v) is 8.94. The van der Waals surface area contributed by atoms with E-state index >= 15 is 0 Å². The van der Waals surface area contributed by atoms with Gasteiger partial charge in [-0.05, 0) is 35.4 Å². The number of benzene rings is 2. The lowest BCUT2D eigenvalue weighted by Crippen LogP contribution is -2.40. The van der Waals surface area contributed by atoms with Crippen LogP contribution in [0.15, 0.2) is 45.9 Å². The summed E-state index contributed by atoms with van der Waals surface area (Å²) in [7, 11) is 4.63. The Labute approximate surface area is 165 Å². The molecule has 1 aliphatic heterocycles. The van der Waals surface area contributed by atoms with E-state index in [1.54, 1.807) is 33.5 Å². The van der Waals surface area contributed by atoms with Gasteiger partial charge in [-0.3, -0.25) is 10.1 Å². The number of aliphatic imine (C=N–C) groups is 1. The average molecular weight is 434 g/mol. The Bertz CT molecular complexity index is 873. The molecule has 0 fully saturated rings. The Hall–Kier alpha value is -2.74. The molecule has 1 aliphatic rings. The van der Waals surface area contributed by atoms with Gasteiger partial charge in [-0.2, -0.15) is 0 Å². The van der Waals surface area contributed by atoms with Crippen molar-refractivity contribution in [2.24, 2.45) is 10.7 Å². The Morgan fingerprint density at radius 3 is 2.11 bits per heavy atom. The largest absolute Gasteiger partial charge is 0.493 e. The smallest absolute Gasteiger partial charge is 0.259 e. The number of rotatable bonds is 6. The van der Waals surface area contributed by atoms with Crippen molar-refractivity contribution >= 4 is 27.8 Å². The second kappa shape index (κ2) is 7.48. The molecule has 3 rings (SSSR count). The average Bonchev–Trinajstić information content (AvgIpc) is 2.95. The van der Waals surface area contributed by atoms with Gasteiger partial charge in [-0.15, -0.1) is 0 Å². The van der Waals surface area contributed by atoms with Crippen LogP contribution in [-0.4, -0.2) is 33.2 Å². The fourth-order valence-electron chi connectivity index (χ4n) is 3.18. The van der Waals surface area contributed by atoms with Crippen LogP contribution >= 0.6 is 15.9 Å². The first-order valence-electron chi connectivity index (χ1n) is 8.15. The third kappa shape index (κ3) is 3.44. The second-order valence-corrected chi connectivity index (χ2v) is 6.94. The van der Waals surface area contributed by atoms with Crippen LogP contribution in [-0.2, 0) is 16.8 Å². The maximum absolute atomic E-state index is 12.8. The zero-order chi connectivity index (χ0) is 19.6. The number of hydrogen-bond acceptors (Lipinski definition) is 6. The number of carbonyl (C=O) groups is 1. The van der Waals surface area contributed by atoms with Crippen molar-refractivity contribution in [1.29, 1.82) is 0 Å². The van der Waals surface area contributed by atoms with E-state index in [1.165, 1.54) is 0 Å². The summed E-state index contributed by atoms with van der Waals surface area (Å²) in [5, 5.41) is 2.61. The highest BCUT2D eigenvalue weighted by Gasteiger charge is 2.45. The third-order valence-electron chi connectivity index (χ3n) is 4.43. The number of nitrogens with zero attached hydrogens (tertiary/aromatic N) is 1. The number of methoxy groups -OCH3 is 3. The SMILES string of the molecule is COc1cc(C[C@@]2(c3ccc(Br)cc3)N=C(N)NC2=O)cc(OC)c1OC. The molecule has 7 nitrogen and oxygen atoms in total. The maximum Gasteiger partial charge on any atom is 0.259 e. The third-order valence-corrected chi connectivity index (χ3v) is 4.96. The molecule has 1 heterocycles. The second-order valence-electron chi connectivity index (χ2n) is 6.03. The number of halogens is 1. The van der Waals surface area contributed by atoms with Crippen molar-refractivity contribution in [2.45, 2.75) is 12.0 Å². The monoisotopic (exact) mass is 433 g/mol. The molecule has 2 aromatic carbocycles. The molecule has 0 unspecified atom stereocenters. The zero-order valence-electron chi connectivity index (χ0n) is 15.2. The predicted octanol–water partition coefficient (Wildman–Crippen LogP) is 2.36. The van der Waals surface area contributed by atoms with Crippen molar-refractivity contribution in [1.82, 2.24) is 5.32 Å². The van der Waals surface area contributed by atoms with E-state index in [2.05, 4.69) is 26.2 Å². The Morgan fingerprint density at radius 2 is 1.67 bits per heavy atom. The van der Waals surface area contributed by atoms with Crippen LogP contribution in [0.1, 0.15) is 11.1 Å². The van der Waals surface area contributed by atoms with E-state index < -0.39 is 5.54 Å². The van der Waals surface area contributed by atoms with Gasteiger partial charge in [0.15, 0.2) is 23.0 Å². The van der Waals surface area contributed by atoms with E-state index in [0.717, 1.165) is 15.6 Å². The van der Waals surface area contributed by atoms with Crippen LogP contribution in [0.4, 0.5) is 0 Å². The fraction of sp³-hybridized carbons (Fsp3) is 0.263. The van der Waals surface area contributed by atoms with Crippen LogP contribution in [0.2, 0.25) is 0 Å². The molecular weight excluding hydrogens is 414 g/mol. The molecule has 2 aromatic rings. The number of nitrogens with one attached hydrogen (secondary N) is 1. The molecule has 142 valence electrons.